The molecule has 1 amide bonds. The van der Waals surface area contributed by atoms with Crippen molar-refractivity contribution in [3.05, 3.63) is 59.7 Å². The van der Waals surface area contributed by atoms with Crippen molar-refractivity contribution in [2.24, 2.45) is 0 Å². The van der Waals surface area contributed by atoms with E-state index in [0.29, 0.717) is 0 Å². The van der Waals surface area contributed by atoms with Gasteiger partial charge >= 0.3 is 12.1 Å². The van der Waals surface area contributed by atoms with E-state index in [0.717, 1.165) is 22.3 Å². The molecule has 0 spiro atoms. The van der Waals surface area contributed by atoms with Gasteiger partial charge < -0.3 is 19.9 Å². The van der Waals surface area contributed by atoms with Gasteiger partial charge in [-0.2, -0.15) is 0 Å². The predicted octanol–water partition coefficient (Wildman–Crippen LogP) is 4.18. The molecule has 6 heteroatoms. The van der Waals surface area contributed by atoms with Crippen LogP contribution in [-0.2, 0) is 14.3 Å². The number of carbonyl (C=O) groups is 2. The fraction of sp³-hybridized carbons (Fsp3) is 0.391. The molecule has 1 aliphatic rings. The summed E-state index contributed by atoms with van der Waals surface area (Å²) < 4.78 is 33.9. The number of amides is 1. The third kappa shape index (κ3) is 4.77. The van der Waals surface area contributed by atoms with Crippen LogP contribution in [0.25, 0.3) is 11.1 Å². The number of aliphatic carboxylic acids is 1. The average Bonchev–Trinajstić information content (AvgIpc) is 3.01. The zero-order chi connectivity index (χ0) is 23.7. The van der Waals surface area contributed by atoms with E-state index in [-0.39, 0.29) is 12.5 Å². The summed E-state index contributed by atoms with van der Waals surface area (Å²) in [5.41, 5.74) is 3.19. The topological polar surface area (TPSA) is 84.9 Å². The van der Waals surface area contributed by atoms with Gasteiger partial charge in [0.25, 0.3) is 0 Å². The third-order valence-corrected chi connectivity index (χ3v) is 4.67. The summed E-state index contributed by atoms with van der Waals surface area (Å²) >= 11 is 0. The molecule has 2 aromatic carbocycles. The molecule has 6 nitrogen and oxygen atoms in total. The Bertz CT molecular complexity index is 954. The minimum absolute atomic E-state index is 0.0231. The average molecular weight is 401 g/mol. The molecule has 2 atom stereocenters. The Morgan fingerprint density at radius 1 is 1.10 bits per heavy atom. The number of fused-ring (bicyclic) bond motifs is 3. The summed E-state index contributed by atoms with van der Waals surface area (Å²) in [6, 6.07) is 13.8. The van der Waals surface area contributed by atoms with Crippen LogP contribution < -0.4 is 5.32 Å². The molecule has 29 heavy (non-hydrogen) atoms. The first kappa shape index (κ1) is 17.0. The third-order valence-electron chi connectivity index (χ3n) is 4.67. The fourth-order valence-electron chi connectivity index (χ4n) is 3.48. The Balaban J connectivity index is 1.75. The molecule has 3 rings (SSSR count). The number of benzene rings is 2. The summed E-state index contributed by atoms with van der Waals surface area (Å²) in [5.74, 6) is -1.73. The monoisotopic (exact) mass is 401 g/mol. The standard InChI is InChI=1S/C23H27NO5/c1-14(29-23(2,3)4)20(21(25)26)24-22(27)28-13-19-17-11-7-5-9-15(17)16-10-6-8-12-18(16)19/h5-12,14,19-20H,13H2,1-4H3,(H,24,27)(H,25,26)/t14-,20+/m0/s1/i1+1D3. The Kier molecular flexibility index (Phi) is 4.85. The van der Waals surface area contributed by atoms with E-state index in [9.17, 15) is 14.7 Å². The second-order valence-corrected chi connectivity index (χ2v) is 7.94. The number of carboxylic acid groups (broad SMARTS) is 1. The molecule has 0 saturated carbocycles. The van der Waals surface area contributed by atoms with Crippen LogP contribution >= 0.6 is 0 Å². The molecule has 0 unspecified atom stereocenters. The molecule has 0 aromatic heterocycles. The summed E-state index contributed by atoms with van der Waals surface area (Å²) in [6.07, 6.45) is -2.77. The molecule has 0 aliphatic heterocycles. The first-order valence-electron chi connectivity index (χ1n) is 10.9. The van der Waals surface area contributed by atoms with Crippen molar-refractivity contribution >= 4 is 12.1 Å². The zero-order valence-electron chi connectivity index (χ0n) is 19.6. The number of carbonyl (C=O) groups excluding carboxylic acids is 1. The van der Waals surface area contributed by atoms with Crippen molar-refractivity contribution < 1.29 is 28.3 Å². The number of carboxylic acids is 1. The van der Waals surface area contributed by atoms with Crippen molar-refractivity contribution in [2.75, 3.05) is 6.61 Å². The molecule has 0 saturated heterocycles. The lowest BCUT2D eigenvalue weighted by molar-refractivity contribution is -0.147. The normalized spacial score (nSPS) is 17.1. The van der Waals surface area contributed by atoms with Gasteiger partial charge in [0.2, 0.25) is 0 Å². The smallest absolute Gasteiger partial charge is 0.407 e. The number of hydrogen-bond acceptors (Lipinski definition) is 4. The van der Waals surface area contributed by atoms with Gasteiger partial charge in [-0.3, -0.25) is 0 Å². The molecular weight excluding hydrogens is 371 g/mol. The van der Waals surface area contributed by atoms with E-state index in [1.807, 2.05) is 48.5 Å². The van der Waals surface area contributed by atoms with Crippen LogP contribution in [-0.4, -0.2) is 41.5 Å². The molecule has 0 fully saturated rings. The Labute approximate surface area is 175 Å². The summed E-state index contributed by atoms with van der Waals surface area (Å²) in [7, 11) is 0. The van der Waals surface area contributed by atoms with Gasteiger partial charge in [0, 0.05) is 10.0 Å². The summed E-state index contributed by atoms with van der Waals surface area (Å²) in [4.78, 5) is 24.3. The molecule has 1 aliphatic carbocycles. The van der Waals surface area contributed by atoms with Gasteiger partial charge in [0.1, 0.15) is 6.61 Å². The van der Waals surface area contributed by atoms with E-state index < -0.39 is 36.7 Å². The summed E-state index contributed by atoms with van der Waals surface area (Å²) in [6.45, 7) is 2.03. The largest absolute Gasteiger partial charge is 0.480 e. The Hall–Kier alpha value is -2.86. The highest BCUT2D eigenvalue weighted by molar-refractivity contribution is 5.81. The van der Waals surface area contributed by atoms with Gasteiger partial charge in [0.05, 0.1) is 11.7 Å². The maximum absolute atomic E-state index is 12.5. The lowest BCUT2D eigenvalue weighted by Gasteiger charge is -2.29. The molecule has 0 radical (unpaired) electrons. The van der Waals surface area contributed by atoms with Gasteiger partial charge in [-0.1, -0.05) is 48.5 Å². The van der Waals surface area contributed by atoms with Crippen LogP contribution in [0.4, 0.5) is 4.79 Å². The molecule has 0 bridgehead atoms. The zero-order valence-corrected chi connectivity index (χ0v) is 16.6. The Morgan fingerprint density at radius 2 is 1.66 bits per heavy atom. The van der Waals surface area contributed by atoms with E-state index in [4.69, 9.17) is 13.6 Å². The SMILES string of the molecule is [2H][13C]([2H])([2H])[C@H](OC(C)(C)C)[C@@H](NC(=O)OCC1c2ccccc2-c2ccccc21)C(=O)O. The van der Waals surface area contributed by atoms with Crippen molar-refractivity contribution in [3.63, 3.8) is 0 Å². The van der Waals surface area contributed by atoms with Crippen molar-refractivity contribution in [1.29, 1.82) is 0 Å². The highest BCUT2D eigenvalue weighted by Gasteiger charge is 2.32. The van der Waals surface area contributed by atoms with Crippen molar-refractivity contribution in [3.8, 4) is 11.1 Å². The minimum atomic E-state index is -2.77. The van der Waals surface area contributed by atoms with Crippen molar-refractivity contribution in [1.82, 2.24) is 5.32 Å². The van der Waals surface area contributed by atoms with Gasteiger partial charge in [-0.05, 0) is 49.9 Å². The first-order valence-corrected chi connectivity index (χ1v) is 9.40. The second kappa shape index (κ2) is 8.25. The predicted molar refractivity (Wildman–Crippen MR) is 110 cm³/mol. The van der Waals surface area contributed by atoms with Crippen LogP contribution in [0, 0.1) is 0 Å². The van der Waals surface area contributed by atoms with E-state index >= 15 is 0 Å². The van der Waals surface area contributed by atoms with Crippen LogP contribution in [0.15, 0.2) is 48.5 Å². The van der Waals surface area contributed by atoms with Gasteiger partial charge in [-0.15, -0.1) is 0 Å². The minimum Gasteiger partial charge on any atom is -0.480 e. The van der Waals surface area contributed by atoms with Gasteiger partial charge in [-0.25, -0.2) is 9.59 Å². The second-order valence-electron chi connectivity index (χ2n) is 7.94. The van der Waals surface area contributed by atoms with Crippen molar-refractivity contribution in [2.45, 2.75) is 51.3 Å². The van der Waals surface area contributed by atoms with E-state index in [1.54, 1.807) is 20.8 Å². The van der Waals surface area contributed by atoms with Crippen LogP contribution in [0.2, 0.25) is 0 Å². The molecule has 2 N–H and O–H groups in total. The van der Waals surface area contributed by atoms with Gasteiger partial charge in [0.15, 0.2) is 6.04 Å². The lowest BCUT2D eigenvalue weighted by Crippen LogP contribution is -2.50. The molecular formula is C23H27NO5. The lowest BCUT2D eigenvalue weighted by atomic mass is 9.98. The van der Waals surface area contributed by atoms with Crippen LogP contribution in [0.5, 0.6) is 0 Å². The summed E-state index contributed by atoms with van der Waals surface area (Å²) in [5, 5.41) is 11.8. The highest BCUT2D eigenvalue weighted by atomic mass is 16.6. The van der Waals surface area contributed by atoms with E-state index in [1.165, 1.54) is 0 Å². The van der Waals surface area contributed by atoms with E-state index in [2.05, 4.69) is 5.32 Å². The first-order chi connectivity index (χ1) is 14.9. The van der Waals surface area contributed by atoms with Crippen LogP contribution in [0.3, 0.4) is 0 Å². The van der Waals surface area contributed by atoms with Crippen LogP contribution in [0.1, 0.15) is 48.8 Å². The number of alkyl carbamates (subject to hydrolysis) is 1. The molecule has 0 heterocycles. The Morgan fingerprint density at radius 3 is 2.14 bits per heavy atom. The molecule has 154 valence electrons. The fourth-order valence-corrected chi connectivity index (χ4v) is 3.48. The number of nitrogens with one attached hydrogen (secondary N) is 1. The quantitative estimate of drug-likeness (QED) is 0.709. The maximum Gasteiger partial charge on any atom is 0.407 e. The highest BCUT2D eigenvalue weighted by Crippen LogP contribution is 2.44. The maximum atomic E-state index is 12.5. The number of hydrogen-bond donors (Lipinski definition) is 2. The number of rotatable bonds is 6. The number of ether oxygens (including phenoxy) is 2. The molecule has 2 aromatic rings.